The molecule has 0 aliphatic carbocycles. The Hall–Kier alpha value is -0.883. The predicted octanol–water partition coefficient (Wildman–Crippen LogP) is 4.52. The molecule has 0 amide bonds. The lowest BCUT2D eigenvalue weighted by Gasteiger charge is -2.38. The molecule has 0 unspecified atom stereocenters. The van der Waals surface area contributed by atoms with Crippen LogP contribution >= 0.6 is 0 Å². The van der Waals surface area contributed by atoms with Crippen LogP contribution in [0, 0.1) is 0 Å². The molecule has 5 heteroatoms. The highest BCUT2D eigenvalue weighted by Crippen LogP contribution is 2.37. The van der Waals surface area contributed by atoms with Crippen molar-refractivity contribution in [1.29, 1.82) is 0 Å². The van der Waals surface area contributed by atoms with E-state index in [1.807, 2.05) is 24.3 Å². The Morgan fingerprint density at radius 2 is 1.83 bits per heavy atom. The fraction of sp³-hybridized carbons (Fsp3) is 0.667. The highest BCUT2D eigenvalue weighted by molar-refractivity contribution is 6.74. The molecule has 1 aromatic rings. The van der Waals surface area contributed by atoms with Crippen LogP contribution in [0.1, 0.15) is 39.0 Å². The molecule has 2 atom stereocenters. The van der Waals surface area contributed by atoms with E-state index < -0.39 is 8.32 Å². The van der Waals surface area contributed by atoms with Crippen LogP contribution in [-0.2, 0) is 13.9 Å². The van der Waals surface area contributed by atoms with Crippen LogP contribution < -0.4 is 4.74 Å². The van der Waals surface area contributed by atoms with Crippen molar-refractivity contribution < 1.29 is 18.6 Å². The molecule has 2 rings (SSSR count). The third-order valence-electron chi connectivity index (χ3n) is 4.85. The zero-order valence-corrected chi connectivity index (χ0v) is 16.2. The summed E-state index contributed by atoms with van der Waals surface area (Å²) in [5.74, 6) is 0.836. The van der Waals surface area contributed by atoms with Gasteiger partial charge >= 0.3 is 0 Å². The summed E-state index contributed by atoms with van der Waals surface area (Å²) in [5, 5.41) is 0.216. The second-order valence-electron chi connectivity index (χ2n) is 7.59. The Balaban J connectivity index is 1.93. The lowest BCUT2D eigenvalue weighted by atomic mass is 10.2. The van der Waals surface area contributed by atoms with E-state index in [-0.39, 0.29) is 17.4 Å². The molecule has 1 fully saturated rings. The summed E-state index contributed by atoms with van der Waals surface area (Å²) in [6, 6.07) is 7.83. The summed E-state index contributed by atoms with van der Waals surface area (Å²) in [6.45, 7) is 12.6. The standard InChI is InChI=1S/C18H30O4Si/c1-18(2,3)23(5,6)21-13-16-11-12-20-17(22-16)14-7-9-15(19-4)10-8-14/h7-10,16-17H,11-13H2,1-6H3/t16-,17-/m1/s1. The molecule has 1 heterocycles. The van der Waals surface area contributed by atoms with Gasteiger partial charge in [-0.3, -0.25) is 0 Å². The Morgan fingerprint density at radius 3 is 2.39 bits per heavy atom. The van der Waals surface area contributed by atoms with Crippen LogP contribution in [0.5, 0.6) is 5.75 Å². The van der Waals surface area contributed by atoms with Crippen LogP contribution in [0.2, 0.25) is 18.1 Å². The smallest absolute Gasteiger partial charge is 0.192 e. The second kappa shape index (κ2) is 7.34. The molecule has 0 spiro atoms. The van der Waals surface area contributed by atoms with Crippen LogP contribution in [0.15, 0.2) is 24.3 Å². The third-order valence-corrected chi connectivity index (χ3v) is 9.35. The van der Waals surface area contributed by atoms with Gasteiger partial charge in [0, 0.05) is 5.56 Å². The van der Waals surface area contributed by atoms with Gasteiger partial charge in [-0.1, -0.05) is 32.9 Å². The number of hydrogen-bond donors (Lipinski definition) is 0. The summed E-state index contributed by atoms with van der Waals surface area (Å²) in [5.41, 5.74) is 1.02. The van der Waals surface area contributed by atoms with E-state index in [4.69, 9.17) is 18.6 Å². The number of rotatable bonds is 5. The van der Waals surface area contributed by atoms with Crippen molar-refractivity contribution in [2.75, 3.05) is 20.3 Å². The zero-order valence-electron chi connectivity index (χ0n) is 15.2. The normalized spacial score (nSPS) is 22.9. The van der Waals surface area contributed by atoms with Crippen LogP contribution in [0.4, 0.5) is 0 Å². The summed E-state index contributed by atoms with van der Waals surface area (Å²) in [4.78, 5) is 0. The molecule has 0 saturated carbocycles. The summed E-state index contributed by atoms with van der Waals surface area (Å²) in [7, 11) is -0.0764. The molecule has 1 saturated heterocycles. The SMILES string of the molecule is COc1ccc([C@@H]2OCC[C@H](CO[Si](C)(C)C(C)(C)C)O2)cc1. The summed E-state index contributed by atoms with van der Waals surface area (Å²) in [6.07, 6.45) is 0.647. The van der Waals surface area contributed by atoms with Gasteiger partial charge in [-0.15, -0.1) is 0 Å². The van der Waals surface area contributed by atoms with Gasteiger partial charge in [0.1, 0.15) is 5.75 Å². The number of hydrogen-bond acceptors (Lipinski definition) is 4. The lowest BCUT2D eigenvalue weighted by Crippen LogP contribution is -2.44. The van der Waals surface area contributed by atoms with Gasteiger partial charge in [0.2, 0.25) is 0 Å². The van der Waals surface area contributed by atoms with Crippen molar-refractivity contribution >= 4 is 8.32 Å². The van der Waals surface area contributed by atoms with Crippen molar-refractivity contribution in [2.24, 2.45) is 0 Å². The van der Waals surface area contributed by atoms with Crippen molar-refractivity contribution in [3.05, 3.63) is 29.8 Å². The lowest BCUT2D eigenvalue weighted by molar-refractivity contribution is -0.223. The molecule has 4 nitrogen and oxygen atoms in total. The monoisotopic (exact) mass is 338 g/mol. The average molecular weight is 339 g/mol. The van der Waals surface area contributed by atoms with Gasteiger partial charge in [0.25, 0.3) is 0 Å². The number of ether oxygens (including phenoxy) is 3. The van der Waals surface area contributed by atoms with E-state index in [9.17, 15) is 0 Å². The fourth-order valence-corrected chi connectivity index (χ4v) is 3.20. The Labute approximate surface area is 141 Å². The first-order valence-corrected chi connectivity index (χ1v) is 11.2. The topological polar surface area (TPSA) is 36.9 Å². The molecule has 1 aromatic carbocycles. The largest absolute Gasteiger partial charge is 0.497 e. The number of benzene rings is 1. The Kier molecular flexibility index (Phi) is 5.89. The first kappa shape index (κ1) is 18.5. The predicted molar refractivity (Wildman–Crippen MR) is 94.3 cm³/mol. The highest BCUT2D eigenvalue weighted by atomic mass is 28.4. The van der Waals surface area contributed by atoms with E-state index >= 15 is 0 Å². The van der Waals surface area contributed by atoms with E-state index in [2.05, 4.69) is 33.9 Å². The van der Waals surface area contributed by atoms with E-state index in [0.29, 0.717) is 13.2 Å². The van der Waals surface area contributed by atoms with E-state index in [0.717, 1.165) is 17.7 Å². The molecule has 130 valence electrons. The van der Waals surface area contributed by atoms with E-state index in [1.54, 1.807) is 7.11 Å². The molecule has 1 aliphatic rings. The van der Waals surface area contributed by atoms with Crippen LogP contribution in [0.3, 0.4) is 0 Å². The van der Waals surface area contributed by atoms with Crippen LogP contribution in [0.25, 0.3) is 0 Å². The first-order chi connectivity index (χ1) is 10.7. The summed E-state index contributed by atoms with van der Waals surface area (Å²) >= 11 is 0. The van der Waals surface area contributed by atoms with Gasteiger partial charge < -0.3 is 18.6 Å². The van der Waals surface area contributed by atoms with Gasteiger partial charge in [-0.25, -0.2) is 0 Å². The van der Waals surface area contributed by atoms with E-state index in [1.165, 1.54) is 0 Å². The molecule has 0 bridgehead atoms. The van der Waals surface area contributed by atoms with Gasteiger partial charge in [-0.05, 0) is 36.7 Å². The zero-order chi connectivity index (χ0) is 17.1. The maximum absolute atomic E-state index is 6.29. The second-order valence-corrected chi connectivity index (χ2v) is 12.4. The maximum Gasteiger partial charge on any atom is 0.192 e. The maximum atomic E-state index is 6.29. The minimum atomic E-state index is -1.74. The van der Waals surface area contributed by atoms with Crippen molar-refractivity contribution in [2.45, 2.75) is 57.7 Å². The minimum Gasteiger partial charge on any atom is -0.497 e. The Morgan fingerprint density at radius 1 is 1.17 bits per heavy atom. The summed E-state index contributed by atoms with van der Waals surface area (Å²) < 4.78 is 23.3. The number of methoxy groups -OCH3 is 1. The fourth-order valence-electron chi connectivity index (χ4n) is 2.16. The molecular weight excluding hydrogens is 308 g/mol. The van der Waals surface area contributed by atoms with Crippen LogP contribution in [-0.4, -0.2) is 34.7 Å². The van der Waals surface area contributed by atoms with Crippen molar-refractivity contribution in [3.63, 3.8) is 0 Å². The third kappa shape index (κ3) is 4.80. The van der Waals surface area contributed by atoms with Gasteiger partial charge in [-0.2, -0.15) is 0 Å². The molecule has 0 radical (unpaired) electrons. The molecule has 0 aromatic heterocycles. The van der Waals surface area contributed by atoms with Gasteiger partial charge in [0.05, 0.1) is 26.4 Å². The molecule has 0 N–H and O–H groups in total. The Bertz CT molecular complexity index is 493. The minimum absolute atomic E-state index is 0.0879. The van der Waals surface area contributed by atoms with Gasteiger partial charge in [0.15, 0.2) is 14.6 Å². The average Bonchev–Trinajstić information content (AvgIpc) is 2.52. The van der Waals surface area contributed by atoms with Crippen molar-refractivity contribution in [3.8, 4) is 5.75 Å². The van der Waals surface area contributed by atoms with Crippen molar-refractivity contribution in [1.82, 2.24) is 0 Å². The molecule has 1 aliphatic heterocycles. The first-order valence-electron chi connectivity index (χ1n) is 8.28. The highest BCUT2D eigenvalue weighted by Gasteiger charge is 2.38. The molecule has 23 heavy (non-hydrogen) atoms. The quantitative estimate of drug-likeness (QED) is 0.740. The molecular formula is C18H30O4Si.